The minimum Gasteiger partial charge on any atom is -0.330 e. The Kier molecular flexibility index (Phi) is 1.60. The molecule has 0 aliphatic heterocycles. The summed E-state index contributed by atoms with van der Waals surface area (Å²) in [5, 5.41) is 0. The van der Waals surface area contributed by atoms with E-state index in [1.165, 1.54) is 38.5 Å². The van der Waals surface area contributed by atoms with Crippen molar-refractivity contribution in [3.63, 3.8) is 0 Å². The van der Waals surface area contributed by atoms with Crippen LogP contribution in [0.2, 0.25) is 0 Å². The van der Waals surface area contributed by atoms with Crippen molar-refractivity contribution in [1.82, 2.24) is 0 Å². The number of nitrogens with two attached hydrogens (primary N) is 1. The minimum absolute atomic E-state index is 0.156. The second-order valence-corrected chi connectivity index (χ2v) is 6.62. The van der Waals surface area contributed by atoms with Crippen LogP contribution < -0.4 is 5.73 Å². The molecule has 0 spiro atoms. The predicted octanol–water partition coefficient (Wildman–Crippen LogP) is 2.52. The van der Waals surface area contributed by atoms with E-state index >= 15 is 0 Å². The molecule has 4 aliphatic rings. The molecule has 0 unspecified atom stereocenters. The van der Waals surface area contributed by atoms with Gasteiger partial charge >= 0.3 is 0 Å². The molecule has 4 aliphatic carbocycles. The number of hydrogen-bond acceptors (Lipinski definition) is 1. The molecule has 0 aromatic rings. The van der Waals surface area contributed by atoms with Crippen LogP contribution in [0.4, 0.5) is 0 Å². The fourth-order valence-corrected chi connectivity index (χ4v) is 5.29. The van der Waals surface area contributed by atoms with E-state index < -0.39 is 0 Å². The first-order valence-electron chi connectivity index (χ1n) is 5.52. The van der Waals surface area contributed by atoms with Crippen LogP contribution in [0.15, 0.2) is 0 Å². The van der Waals surface area contributed by atoms with E-state index in [1.54, 1.807) is 0 Å². The molecule has 0 aromatic heterocycles. The molecule has 1 nitrogen and oxygen atoms in total. The maximum absolute atomic E-state index is 6.64. The SMILES string of the molecule is NCC12C[C@@H]3C[C@H](CC(Cl)(C3)C1)C2. The van der Waals surface area contributed by atoms with Crippen LogP contribution in [0.1, 0.15) is 38.5 Å². The zero-order valence-corrected chi connectivity index (χ0v) is 8.82. The van der Waals surface area contributed by atoms with Gasteiger partial charge in [-0.05, 0) is 62.3 Å². The van der Waals surface area contributed by atoms with Gasteiger partial charge in [0.05, 0.1) is 0 Å². The Bertz CT molecular complexity index is 224. The summed E-state index contributed by atoms with van der Waals surface area (Å²) in [5.41, 5.74) is 6.38. The zero-order chi connectivity index (χ0) is 9.10. The first-order chi connectivity index (χ1) is 6.13. The van der Waals surface area contributed by atoms with Crippen LogP contribution in [0.5, 0.6) is 0 Å². The van der Waals surface area contributed by atoms with Gasteiger partial charge in [-0.15, -0.1) is 11.6 Å². The number of halogens is 1. The second-order valence-electron chi connectivity index (χ2n) is 5.82. The maximum atomic E-state index is 6.64. The largest absolute Gasteiger partial charge is 0.330 e. The highest BCUT2D eigenvalue weighted by Crippen LogP contribution is 2.63. The molecular weight excluding hydrogens is 182 g/mol. The van der Waals surface area contributed by atoms with Crippen LogP contribution in [0.25, 0.3) is 0 Å². The van der Waals surface area contributed by atoms with Crippen LogP contribution in [-0.4, -0.2) is 11.4 Å². The summed E-state index contributed by atoms with van der Waals surface area (Å²) in [4.78, 5) is 0.156. The van der Waals surface area contributed by atoms with E-state index in [9.17, 15) is 0 Å². The van der Waals surface area contributed by atoms with Crippen molar-refractivity contribution in [2.45, 2.75) is 43.4 Å². The molecule has 0 heterocycles. The highest BCUT2D eigenvalue weighted by atomic mass is 35.5. The fourth-order valence-electron chi connectivity index (χ4n) is 4.57. The molecular formula is C11H18ClN. The lowest BCUT2D eigenvalue weighted by Gasteiger charge is -2.59. The molecule has 2 atom stereocenters. The number of alkyl halides is 1. The van der Waals surface area contributed by atoms with Crippen molar-refractivity contribution in [1.29, 1.82) is 0 Å². The van der Waals surface area contributed by atoms with Gasteiger partial charge in [-0.1, -0.05) is 0 Å². The van der Waals surface area contributed by atoms with E-state index in [1.807, 2.05) is 0 Å². The Labute approximate surface area is 85.0 Å². The van der Waals surface area contributed by atoms with Crippen molar-refractivity contribution in [3.05, 3.63) is 0 Å². The molecule has 0 aromatic carbocycles. The summed E-state index contributed by atoms with van der Waals surface area (Å²) in [6, 6.07) is 0. The molecule has 74 valence electrons. The standard InChI is InChI=1S/C11H18ClN/c12-11-4-8-1-9(5-11)3-10(2-8,6-11)7-13/h8-9H,1-7,13H2/t8-,9-,10?,11?/m0/s1. The summed E-state index contributed by atoms with van der Waals surface area (Å²) in [6.45, 7) is 0.870. The lowest BCUT2D eigenvalue weighted by atomic mass is 9.49. The first kappa shape index (κ1) is 8.55. The van der Waals surface area contributed by atoms with Gasteiger partial charge < -0.3 is 5.73 Å². The zero-order valence-electron chi connectivity index (χ0n) is 8.06. The molecule has 4 fully saturated rings. The van der Waals surface area contributed by atoms with Gasteiger partial charge in [0, 0.05) is 4.87 Å². The monoisotopic (exact) mass is 199 g/mol. The summed E-state index contributed by atoms with van der Waals surface area (Å²) in [7, 11) is 0. The van der Waals surface area contributed by atoms with Crippen LogP contribution in [0, 0.1) is 17.3 Å². The van der Waals surface area contributed by atoms with E-state index in [0.717, 1.165) is 18.4 Å². The Hall–Kier alpha value is 0.250. The molecule has 0 amide bonds. The van der Waals surface area contributed by atoms with Crippen molar-refractivity contribution in [2.75, 3.05) is 6.54 Å². The topological polar surface area (TPSA) is 26.0 Å². The number of hydrogen-bond donors (Lipinski definition) is 1. The summed E-state index contributed by atoms with van der Waals surface area (Å²) in [6.07, 6.45) is 7.92. The molecule has 2 heteroatoms. The van der Waals surface area contributed by atoms with Crippen LogP contribution >= 0.6 is 11.6 Å². The Morgan fingerprint density at radius 3 is 2.23 bits per heavy atom. The molecule has 4 saturated carbocycles. The Balaban J connectivity index is 1.95. The van der Waals surface area contributed by atoms with E-state index in [4.69, 9.17) is 17.3 Å². The number of rotatable bonds is 1. The average molecular weight is 200 g/mol. The van der Waals surface area contributed by atoms with Gasteiger partial charge in [0.25, 0.3) is 0 Å². The Morgan fingerprint density at radius 1 is 1.15 bits per heavy atom. The third-order valence-electron chi connectivity index (χ3n) is 4.54. The molecule has 2 N–H and O–H groups in total. The third-order valence-corrected chi connectivity index (χ3v) is 4.99. The quantitative estimate of drug-likeness (QED) is 0.646. The lowest BCUT2D eigenvalue weighted by molar-refractivity contribution is -0.0340. The van der Waals surface area contributed by atoms with Crippen molar-refractivity contribution in [3.8, 4) is 0 Å². The normalized spacial score (nSPS) is 58.6. The third kappa shape index (κ3) is 1.16. The average Bonchev–Trinajstić information content (AvgIpc) is 1.99. The molecule has 4 bridgehead atoms. The van der Waals surface area contributed by atoms with Gasteiger partial charge in [-0.25, -0.2) is 0 Å². The van der Waals surface area contributed by atoms with Gasteiger partial charge in [0.1, 0.15) is 0 Å². The van der Waals surface area contributed by atoms with Crippen molar-refractivity contribution >= 4 is 11.6 Å². The van der Waals surface area contributed by atoms with E-state index in [-0.39, 0.29) is 4.87 Å². The van der Waals surface area contributed by atoms with Crippen LogP contribution in [0.3, 0.4) is 0 Å². The van der Waals surface area contributed by atoms with E-state index in [2.05, 4.69) is 0 Å². The molecule has 13 heavy (non-hydrogen) atoms. The van der Waals surface area contributed by atoms with E-state index in [0.29, 0.717) is 5.41 Å². The van der Waals surface area contributed by atoms with Crippen molar-refractivity contribution < 1.29 is 0 Å². The first-order valence-corrected chi connectivity index (χ1v) is 5.90. The maximum Gasteiger partial charge on any atom is 0.0457 e. The Morgan fingerprint density at radius 2 is 1.77 bits per heavy atom. The summed E-state index contributed by atoms with van der Waals surface area (Å²) < 4.78 is 0. The molecule has 0 saturated heterocycles. The second kappa shape index (κ2) is 2.43. The van der Waals surface area contributed by atoms with Gasteiger partial charge in [-0.3, -0.25) is 0 Å². The van der Waals surface area contributed by atoms with Crippen molar-refractivity contribution in [2.24, 2.45) is 23.0 Å². The lowest BCUT2D eigenvalue weighted by Crippen LogP contribution is -2.55. The van der Waals surface area contributed by atoms with Crippen LogP contribution in [-0.2, 0) is 0 Å². The predicted molar refractivity (Wildman–Crippen MR) is 54.8 cm³/mol. The fraction of sp³-hybridized carbons (Fsp3) is 1.00. The summed E-state index contributed by atoms with van der Waals surface area (Å²) in [5.74, 6) is 1.81. The molecule has 0 radical (unpaired) electrons. The highest BCUT2D eigenvalue weighted by molar-refractivity contribution is 6.24. The van der Waals surface area contributed by atoms with Gasteiger partial charge in [0.15, 0.2) is 0 Å². The molecule has 4 rings (SSSR count). The van der Waals surface area contributed by atoms with Gasteiger partial charge in [-0.2, -0.15) is 0 Å². The minimum atomic E-state index is 0.156. The highest BCUT2D eigenvalue weighted by Gasteiger charge is 2.56. The van der Waals surface area contributed by atoms with Gasteiger partial charge in [0.2, 0.25) is 0 Å². The summed E-state index contributed by atoms with van der Waals surface area (Å²) >= 11 is 6.64. The smallest absolute Gasteiger partial charge is 0.0457 e.